The number of rotatable bonds is 7. The molecule has 0 atom stereocenters. The van der Waals surface area contributed by atoms with Crippen LogP contribution in [0, 0.1) is 0 Å². The highest BCUT2D eigenvalue weighted by Crippen LogP contribution is 2.19. The maximum atomic E-state index is 12.2. The molecule has 6 heteroatoms. The van der Waals surface area contributed by atoms with Gasteiger partial charge in [0.25, 0.3) is 5.91 Å². The molecule has 1 N–H and O–H groups in total. The number of methoxy groups -OCH3 is 1. The monoisotopic (exact) mass is 370 g/mol. The maximum absolute atomic E-state index is 12.2. The SMILES string of the molecule is COc1ccccc1CCNC(=O)c1cc(Cc2ccccc2Cl)no1. The zero-order chi connectivity index (χ0) is 18.4. The molecule has 0 saturated heterocycles. The number of para-hydroxylation sites is 1. The lowest BCUT2D eigenvalue weighted by molar-refractivity contribution is 0.0917. The second-order valence-corrected chi connectivity index (χ2v) is 6.18. The van der Waals surface area contributed by atoms with E-state index in [4.69, 9.17) is 20.9 Å². The second-order valence-electron chi connectivity index (χ2n) is 5.77. The molecule has 26 heavy (non-hydrogen) atoms. The van der Waals surface area contributed by atoms with Gasteiger partial charge in [0.1, 0.15) is 5.75 Å². The summed E-state index contributed by atoms with van der Waals surface area (Å²) in [5.41, 5.74) is 2.63. The molecule has 134 valence electrons. The van der Waals surface area contributed by atoms with Crippen LogP contribution in [0.25, 0.3) is 0 Å². The van der Waals surface area contributed by atoms with Crippen LogP contribution in [-0.4, -0.2) is 24.7 Å². The van der Waals surface area contributed by atoms with E-state index in [0.29, 0.717) is 30.1 Å². The van der Waals surface area contributed by atoms with Crippen molar-refractivity contribution in [2.45, 2.75) is 12.8 Å². The number of ether oxygens (including phenoxy) is 1. The summed E-state index contributed by atoms with van der Waals surface area (Å²) in [7, 11) is 1.63. The molecule has 3 rings (SSSR count). The Hall–Kier alpha value is -2.79. The van der Waals surface area contributed by atoms with Gasteiger partial charge in [0.05, 0.1) is 12.8 Å². The van der Waals surface area contributed by atoms with E-state index in [0.717, 1.165) is 16.9 Å². The van der Waals surface area contributed by atoms with Crippen molar-refractivity contribution >= 4 is 17.5 Å². The third kappa shape index (κ3) is 4.43. The van der Waals surface area contributed by atoms with Crippen molar-refractivity contribution in [3.63, 3.8) is 0 Å². The van der Waals surface area contributed by atoms with Gasteiger partial charge in [0.2, 0.25) is 5.76 Å². The third-order valence-electron chi connectivity index (χ3n) is 3.98. The predicted octanol–water partition coefficient (Wildman–Crippen LogP) is 3.90. The highest BCUT2D eigenvalue weighted by molar-refractivity contribution is 6.31. The molecule has 0 aliphatic carbocycles. The van der Waals surface area contributed by atoms with Crippen molar-refractivity contribution in [2.75, 3.05) is 13.7 Å². The predicted molar refractivity (Wildman–Crippen MR) is 99.8 cm³/mol. The largest absolute Gasteiger partial charge is 0.496 e. The molecule has 5 nitrogen and oxygen atoms in total. The molecule has 0 fully saturated rings. The van der Waals surface area contributed by atoms with Gasteiger partial charge in [0, 0.05) is 24.1 Å². The molecule has 1 aromatic heterocycles. The molecule has 0 unspecified atom stereocenters. The van der Waals surface area contributed by atoms with Crippen LogP contribution in [0.1, 0.15) is 27.4 Å². The summed E-state index contributed by atoms with van der Waals surface area (Å²) < 4.78 is 10.5. The second kappa shape index (κ2) is 8.54. The van der Waals surface area contributed by atoms with Crippen molar-refractivity contribution in [3.05, 3.63) is 82.2 Å². The van der Waals surface area contributed by atoms with Gasteiger partial charge >= 0.3 is 0 Å². The molecule has 0 saturated carbocycles. The topological polar surface area (TPSA) is 64.4 Å². The zero-order valence-electron chi connectivity index (χ0n) is 14.4. The van der Waals surface area contributed by atoms with E-state index in [2.05, 4.69) is 10.5 Å². The average Bonchev–Trinajstić information content (AvgIpc) is 3.13. The molecule has 1 amide bonds. The van der Waals surface area contributed by atoms with Crippen molar-refractivity contribution in [2.24, 2.45) is 0 Å². The van der Waals surface area contributed by atoms with Gasteiger partial charge in [-0.3, -0.25) is 4.79 Å². The van der Waals surface area contributed by atoms with Gasteiger partial charge < -0.3 is 14.6 Å². The number of carbonyl (C=O) groups is 1. The van der Waals surface area contributed by atoms with E-state index >= 15 is 0 Å². The Morgan fingerprint density at radius 2 is 1.88 bits per heavy atom. The normalized spacial score (nSPS) is 10.5. The molecular formula is C20H19ClN2O3. The maximum Gasteiger partial charge on any atom is 0.289 e. The minimum absolute atomic E-state index is 0.187. The van der Waals surface area contributed by atoms with Crippen LogP contribution in [0.15, 0.2) is 59.1 Å². The van der Waals surface area contributed by atoms with Crippen LogP contribution in [0.2, 0.25) is 5.02 Å². The summed E-state index contributed by atoms with van der Waals surface area (Å²) >= 11 is 6.15. The van der Waals surface area contributed by atoms with Crippen LogP contribution in [-0.2, 0) is 12.8 Å². The third-order valence-corrected chi connectivity index (χ3v) is 4.35. The first-order valence-electron chi connectivity index (χ1n) is 8.26. The van der Waals surface area contributed by atoms with E-state index in [1.54, 1.807) is 13.2 Å². The van der Waals surface area contributed by atoms with Gasteiger partial charge in [-0.05, 0) is 29.7 Å². The summed E-state index contributed by atoms with van der Waals surface area (Å²) in [4.78, 5) is 12.2. The van der Waals surface area contributed by atoms with E-state index in [1.807, 2.05) is 48.5 Å². The highest BCUT2D eigenvalue weighted by atomic mass is 35.5. The van der Waals surface area contributed by atoms with Crippen molar-refractivity contribution < 1.29 is 14.1 Å². The Morgan fingerprint density at radius 1 is 1.15 bits per heavy atom. The fraction of sp³-hybridized carbons (Fsp3) is 0.200. The molecule has 3 aromatic rings. The number of aromatic nitrogens is 1. The van der Waals surface area contributed by atoms with E-state index in [1.165, 1.54) is 0 Å². The first kappa shape index (κ1) is 18.0. The summed E-state index contributed by atoms with van der Waals surface area (Å²) in [5.74, 6) is 0.702. The number of carbonyl (C=O) groups excluding carboxylic acids is 1. The Morgan fingerprint density at radius 3 is 2.65 bits per heavy atom. The van der Waals surface area contributed by atoms with Gasteiger partial charge in [-0.2, -0.15) is 0 Å². The average molecular weight is 371 g/mol. The first-order chi connectivity index (χ1) is 12.7. The molecule has 0 bridgehead atoms. The van der Waals surface area contributed by atoms with E-state index in [9.17, 15) is 4.79 Å². The Labute approximate surface area is 156 Å². The summed E-state index contributed by atoms with van der Waals surface area (Å²) in [6.07, 6.45) is 1.17. The molecule has 0 spiro atoms. The Balaban J connectivity index is 1.56. The number of hydrogen-bond donors (Lipinski definition) is 1. The minimum Gasteiger partial charge on any atom is -0.496 e. The standard InChI is InChI=1S/C20H19ClN2O3/c1-25-18-9-5-3-6-14(18)10-11-22-20(24)19-13-16(23-26-19)12-15-7-2-4-8-17(15)21/h2-9,13H,10-12H2,1H3,(H,22,24). The van der Waals surface area contributed by atoms with Crippen LogP contribution < -0.4 is 10.1 Å². The highest BCUT2D eigenvalue weighted by Gasteiger charge is 2.14. The summed E-state index contributed by atoms with van der Waals surface area (Å²) in [6, 6.07) is 16.9. The van der Waals surface area contributed by atoms with Crippen LogP contribution in [0.3, 0.4) is 0 Å². The quantitative estimate of drug-likeness (QED) is 0.685. The molecule has 0 aliphatic heterocycles. The van der Waals surface area contributed by atoms with Crippen LogP contribution in [0.5, 0.6) is 5.75 Å². The lowest BCUT2D eigenvalue weighted by atomic mass is 10.1. The number of nitrogens with one attached hydrogen (secondary N) is 1. The number of benzene rings is 2. The lowest BCUT2D eigenvalue weighted by Crippen LogP contribution is -2.25. The van der Waals surface area contributed by atoms with Gasteiger partial charge in [-0.1, -0.05) is 53.2 Å². The van der Waals surface area contributed by atoms with Crippen molar-refractivity contribution in [3.8, 4) is 5.75 Å². The van der Waals surface area contributed by atoms with Crippen molar-refractivity contribution in [1.29, 1.82) is 0 Å². The molecular weight excluding hydrogens is 352 g/mol. The molecule has 2 aromatic carbocycles. The van der Waals surface area contributed by atoms with Crippen LogP contribution in [0.4, 0.5) is 0 Å². The summed E-state index contributed by atoms with van der Waals surface area (Å²) in [5, 5.41) is 7.45. The number of amides is 1. The lowest BCUT2D eigenvalue weighted by Gasteiger charge is -2.08. The Kier molecular flexibility index (Phi) is 5.92. The minimum atomic E-state index is -0.294. The molecule has 0 radical (unpaired) electrons. The van der Waals surface area contributed by atoms with Crippen molar-refractivity contribution in [1.82, 2.24) is 10.5 Å². The van der Waals surface area contributed by atoms with E-state index in [-0.39, 0.29) is 11.7 Å². The van der Waals surface area contributed by atoms with Crippen LogP contribution >= 0.6 is 11.6 Å². The van der Waals surface area contributed by atoms with E-state index < -0.39 is 0 Å². The summed E-state index contributed by atoms with van der Waals surface area (Å²) in [6.45, 7) is 0.472. The van der Waals surface area contributed by atoms with Gasteiger partial charge in [-0.15, -0.1) is 0 Å². The molecule has 1 heterocycles. The first-order valence-corrected chi connectivity index (χ1v) is 8.64. The fourth-order valence-electron chi connectivity index (χ4n) is 2.65. The Bertz CT molecular complexity index is 892. The van der Waals surface area contributed by atoms with Gasteiger partial charge in [-0.25, -0.2) is 0 Å². The molecule has 0 aliphatic rings. The number of hydrogen-bond acceptors (Lipinski definition) is 4. The van der Waals surface area contributed by atoms with Gasteiger partial charge in [0.15, 0.2) is 0 Å². The smallest absolute Gasteiger partial charge is 0.289 e. The number of halogens is 1. The fourth-order valence-corrected chi connectivity index (χ4v) is 2.85. The zero-order valence-corrected chi connectivity index (χ0v) is 15.1. The number of nitrogens with zero attached hydrogens (tertiary/aromatic N) is 1.